The summed E-state index contributed by atoms with van der Waals surface area (Å²) in [5.41, 5.74) is 7.20. The molecule has 0 spiro atoms. The smallest absolute Gasteiger partial charge is 0.332 e. The Morgan fingerprint density at radius 3 is 2.87 bits per heavy atom. The van der Waals surface area contributed by atoms with Gasteiger partial charge in [-0.3, -0.25) is 0 Å². The predicted octanol–water partition coefficient (Wildman–Crippen LogP) is 2.24. The van der Waals surface area contributed by atoms with E-state index in [-0.39, 0.29) is 5.02 Å². The monoisotopic (exact) mass is 293 g/mol. The SMILES string of the molecule is NC(=O)NN=Cc1cc(F)c(Cl)c(Br)c1. The molecule has 15 heavy (non-hydrogen) atoms. The van der Waals surface area contributed by atoms with Crippen LogP contribution in [0.25, 0.3) is 0 Å². The third kappa shape index (κ3) is 3.49. The molecule has 0 aliphatic heterocycles. The van der Waals surface area contributed by atoms with Crippen molar-refractivity contribution in [3.05, 3.63) is 33.0 Å². The molecule has 0 bridgehead atoms. The number of hydrogen-bond donors (Lipinski definition) is 2. The van der Waals surface area contributed by atoms with Gasteiger partial charge in [-0.15, -0.1) is 0 Å². The van der Waals surface area contributed by atoms with Crippen molar-refractivity contribution in [1.82, 2.24) is 5.43 Å². The van der Waals surface area contributed by atoms with Crippen LogP contribution in [0.1, 0.15) is 5.56 Å². The van der Waals surface area contributed by atoms with Crippen molar-refractivity contribution in [2.45, 2.75) is 0 Å². The molecular formula is C8H6BrClFN3O. The van der Waals surface area contributed by atoms with Crippen LogP contribution in [0, 0.1) is 5.82 Å². The van der Waals surface area contributed by atoms with Crippen molar-refractivity contribution in [3.8, 4) is 0 Å². The second-order valence-electron chi connectivity index (χ2n) is 2.53. The molecule has 0 unspecified atom stereocenters. The summed E-state index contributed by atoms with van der Waals surface area (Å²) in [6, 6.07) is 1.94. The average molecular weight is 295 g/mol. The van der Waals surface area contributed by atoms with Crippen molar-refractivity contribution in [2.75, 3.05) is 0 Å². The maximum atomic E-state index is 13.1. The number of urea groups is 1. The molecule has 0 fully saturated rings. The molecule has 0 aliphatic carbocycles. The molecule has 0 aromatic heterocycles. The van der Waals surface area contributed by atoms with E-state index in [0.717, 1.165) is 0 Å². The largest absolute Gasteiger partial charge is 0.350 e. The van der Waals surface area contributed by atoms with Crippen LogP contribution in [0.15, 0.2) is 21.7 Å². The third-order valence-corrected chi connectivity index (χ3v) is 2.63. The van der Waals surface area contributed by atoms with Crippen LogP contribution < -0.4 is 11.2 Å². The molecule has 0 atom stereocenters. The minimum atomic E-state index is -0.792. The highest BCUT2D eigenvalue weighted by Gasteiger charge is 2.05. The van der Waals surface area contributed by atoms with Crippen LogP contribution in [0.4, 0.5) is 9.18 Å². The lowest BCUT2D eigenvalue weighted by molar-refractivity contribution is 0.249. The molecular weight excluding hydrogens is 288 g/mol. The summed E-state index contributed by atoms with van der Waals surface area (Å²) in [5, 5.41) is 3.47. The maximum absolute atomic E-state index is 13.1. The highest BCUT2D eigenvalue weighted by Crippen LogP contribution is 2.26. The number of nitrogens with one attached hydrogen (secondary N) is 1. The Balaban J connectivity index is 2.87. The summed E-state index contributed by atoms with van der Waals surface area (Å²) in [7, 11) is 0. The number of amides is 2. The molecule has 1 rings (SSSR count). The lowest BCUT2D eigenvalue weighted by Gasteiger charge is -1.99. The van der Waals surface area contributed by atoms with E-state index in [9.17, 15) is 9.18 Å². The topological polar surface area (TPSA) is 67.5 Å². The Hall–Kier alpha value is -1.14. The lowest BCUT2D eigenvalue weighted by Crippen LogP contribution is -2.24. The molecule has 2 amide bonds. The van der Waals surface area contributed by atoms with E-state index < -0.39 is 11.8 Å². The zero-order valence-electron chi connectivity index (χ0n) is 7.30. The Morgan fingerprint density at radius 1 is 1.67 bits per heavy atom. The van der Waals surface area contributed by atoms with Crippen LogP contribution >= 0.6 is 27.5 Å². The summed E-state index contributed by atoms with van der Waals surface area (Å²) in [6.45, 7) is 0. The molecule has 7 heteroatoms. The molecule has 1 aromatic carbocycles. The molecule has 3 N–H and O–H groups in total. The molecule has 0 radical (unpaired) electrons. The van der Waals surface area contributed by atoms with Gasteiger partial charge in [-0.05, 0) is 33.6 Å². The van der Waals surface area contributed by atoms with Crippen LogP contribution in [0.3, 0.4) is 0 Å². The number of carbonyl (C=O) groups excluding carboxylic acids is 1. The number of carbonyl (C=O) groups is 1. The van der Waals surface area contributed by atoms with Gasteiger partial charge < -0.3 is 5.73 Å². The van der Waals surface area contributed by atoms with Crippen LogP contribution in [0.2, 0.25) is 5.02 Å². The second-order valence-corrected chi connectivity index (χ2v) is 3.77. The summed E-state index contributed by atoms with van der Waals surface area (Å²) < 4.78 is 13.5. The fraction of sp³-hybridized carbons (Fsp3) is 0. The van der Waals surface area contributed by atoms with Crippen molar-refractivity contribution in [3.63, 3.8) is 0 Å². The molecule has 0 saturated heterocycles. The van der Waals surface area contributed by atoms with Crippen molar-refractivity contribution >= 4 is 39.8 Å². The number of nitrogens with zero attached hydrogens (tertiary/aromatic N) is 1. The maximum Gasteiger partial charge on any atom is 0.332 e. The van der Waals surface area contributed by atoms with Gasteiger partial charge in [0.15, 0.2) is 0 Å². The molecule has 1 aromatic rings. The molecule has 0 heterocycles. The highest BCUT2D eigenvalue weighted by molar-refractivity contribution is 9.10. The van der Waals surface area contributed by atoms with Crippen LogP contribution in [-0.2, 0) is 0 Å². The summed E-state index contributed by atoms with van der Waals surface area (Å²) in [4.78, 5) is 10.3. The van der Waals surface area contributed by atoms with E-state index >= 15 is 0 Å². The first-order valence-electron chi connectivity index (χ1n) is 3.73. The first-order chi connectivity index (χ1) is 7.00. The quantitative estimate of drug-likeness (QED) is 0.490. The lowest BCUT2D eigenvalue weighted by atomic mass is 10.2. The minimum Gasteiger partial charge on any atom is -0.350 e. The van der Waals surface area contributed by atoms with Gasteiger partial charge in [-0.25, -0.2) is 14.6 Å². The van der Waals surface area contributed by atoms with Gasteiger partial charge in [0.2, 0.25) is 0 Å². The van der Waals surface area contributed by atoms with Gasteiger partial charge in [0.25, 0.3) is 0 Å². The van der Waals surface area contributed by atoms with Gasteiger partial charge in [-0.1, -0.05) is 11.6 Å². The number of nitrogens with two attached hydrogens (primary N) is 1. The Kier molecular flexibility index (Phi) is 4.05. The number of halogens is 3. The van der Waals surface area contributed by atoms with Gasteiger partial charge in [0, 0.05) is 4.47 Å². The number of hydrazone groups is 1. The van der Waals surface area contributed by atoms with E-state index in [1.807, 2.05) is 5.43 Å². The summed E-state index contributed by atoms with van der Waals surface area (Å²) in [6.07, 6.45) is 1.24. The fourth-order valence-electron chi connectivity index (χ4n) is 0.820. The zero-order valence-corrected chi connectivity index (χ0v) is 9.64. The third-order valence-electron chi connectivity index (χ3n) is 1.39. The van der Waals surface area contributed by atoms with Crippen molar-refractivity contribution in [1.29, 1.82) is 0 Å². The Morgan fingerprint density at radius 2 is 2.33 bits per heavy atom. The molecule has 0 aliphatic rings. The van der Waals surface area contributed by atoms with Crippen LogP contribution in [-0.4, -0.2) is 12.2 Å². The number of primary amides is 1. The van der Waals surface area contributed by atoms with E-state index in [2.05, 4.69) is 21.0 Å². The Bertz CT molecular complexity index is 401. The van der Waals surface area contributed by atoms with Gasteiger partial charge >= 0.3 is 6.03 Å². The first kappa shape index (κ1) is 11.9. The summed E-state index contributed by atoms with van der Waals surface area (Å²) in [5.74, 6) is -0.577. The van der Waals surface area contributed by atoms with Gasteiger partial charge in [0.05, 0.1) is 11.2 Å². The van der Waals surface area contributed by atoms with Gasteiger partial charge in [-0.2, -0.15) is 5.10 Å². The average Bonchev–Trinajstić information content (AvgIpc) is 2.13. The normalized spacial score (nSPS) is 10.6. The standard InChI is InChI=1S/C8H6BrClFN3O/c9-5-1-4(2-6(11)7(5)10)3-13-14-8(12)15/h1-3H,(H3,12,14,15). The van der Waals surface area contributed by atoms with Gasteiger partial charge in [0.1, 0.15) is 5.82 Å². The number of hydrogen-bond acceptors (Lipinski definition) is 2. The molecule has 4 nitrogen and oxygen atoms in total. The van der Waals surface area contributed by atoms with Crippen molar-refractivity contribution in [2.24, 2.45) is 10.8 Å². The van der Waals surface area contributed by atoms with E-state index in [4.69, 9.17) is 17.3 Å². The number of rotatable bonds is 2. The molecule has 80 valence electrons. The highest BCUT2D eigenvalue weighted by atomic mass is 79.9. The van der Waals surface area contributed by atoms with E-state index in [0.29, 0.717) is 10.0 Å². The second kappa shape index (κ2) is 5.09. The first-order valence-corrected chi connectivity index (χ1v) is 4.91. The van der Waals surface area contributed by atoms with E-state index in [1.54, 1.807) is 6.07 Å². The summed E-state index contributed by atoms with van der Waals surface area (Å²) >= 11 is 8.65. The van der Waals surface area contributed by atoms with Crippen molar-refractivity contribution < 1.29 is 9.18 Å². The van der Waals surface area contributed by atoms with Crippen LogP contribution in [0.5, 0.6) is 0 Å². The fourth-order valence-corrected chi connectivity index (χ4v) is 1.38. The number of benzene rings is 1. The zero-order chi connectivity index (χ0) is 11.4. The predicted molar refractivity (Wildman–Crippen MR) is 59.4 cm³/mol. The molecule has 0 saturated carbocycles. The minimum absolute atomic E-state index is 0.00462. The Labute approximate surface area is 98.4 Å². The van der Waals surface area contributed by atoms with E-state index in [1.165, 1.54) is 12.3 Å².